The minimum absolute atomic E-state index is 0.0315. The van der Waals surface area contributed by atoms with Crippen LogP contribution in [0.15, 0.2) is 60.7 Å². The molecule has 1 heterocycles. The fraction of sp³-hybridized carbons (Fsp3) is 0.280. The first-order valence-corrected chi connectivity index (χ1v) is 10.4. The number of nitrogens with one attached hydrogen (secondary N) is 1. The molecule has 4 rings (SSSR count). The quantitative estimate of drug-likeness (QED) is 0.641. The number of hydrogen-bond donors (Lipinski definition) is 1. The predicted octanol–water partition coefficient (Wildman–Crippen LogP) is 5.10. The summed E-state index contributed by atoms with van der Waals surface area (Å²) in [5.41, 5.74) is 3.93. The zero-order valence-electron chi connectivity index (χ0n) is 16.8. The topological polar surface area (TPSA) is 49.4 Å². The van der Waals surface area contributed by atoms with Gasteiger partial charge in [0.1, 0.15) is 0 Å². The number of fused-ring (bicyclic) bond motifs is 2. The molecule has 0 fully saturated rings. The van der Waals surface area contributed by atoms with E-state index in [0.29, 0.717) is 12.8 Å². The molecule has 0 unspecified atom stereocenters. The molecule has 0 spiro atoms. The SMILES string of the molecule is CCCCN1C(=O)CCc2cc(NC(=O)Cc3cccc4ccccc34)ccc21. The Bertz CT molecular complexity index is 1050. The molecule has 0 atom stereocenters. The molecule has 0 saturated heterocycles. The highest BCUT2D eigenvalue weighted by atomic mass is 16.2. The first kappa shape index (κ1) is 19.2. The molecule has 4 heteroatoms. The van der Waals surface area contributed by atoms with E-state index in [1.54, 1.807) is 0 Å². The molecule has 3 aromatic carbocycles. The maximum atomic E-state index is 12.7. The van der Waals surface area contributed by atoms with Crippen molar-refractivity contribution in [2.75, 3.05) is 16.8 Å². The van der Waals surface area contributed by atoms with Gasteiger partial charge in [0.2, 0.25) is 11.8 Å². The maximum Gasteiger partial charge on any atom is 0.228 e. The molecular weight excluding hydrogens is 360 g/mol. The fourth-order valence-corrected chi connectivity index (χ4v) is 4.02. The van der Waals surface area contributed by atoms with Gasteiger partial charge in [0.05, 0.1) is 6.42 Å². The lowest BCUT2D eigenvalue weighted by molar-refractivity contribution is -0.119. The standard InChI is InChI=1S/C25H26N2O2/c1-2-3-15-27-23-13-12-21(16-20(23)11-14-25(27)29)26-24(28)17-19-9-6-8-18-7-4-5-10-22(18)19/h4-10,12-13,16H,2-3,11,14-15,17H2,1H3,(H,26,28). The first-order valence-electron chi connectivity index (χ1n) is 10.4. The molecule has 1 N–H and O–H groups in total. The summed E-state index contributed by atoms with van der Waals surface area (Å²) < 4.78 is 0. The molecule has 0 saturated carbocycles. The summed E-state index contributed by atoms with van der Waals surface area (Å²) in [6, 6.07) is 20.1. The third kappa shape index (κ3) is 4.16. The Kier molecular flexibility index (Phi) is 5.61. The van der Waals surface area contributed by atoms with Crippen molar-refractivity contribution < 1.29 is 9.59 Å². The summed E-state index contributed by atoms with van der Waals surface area (Å²) in [6.45, 7) is 2.89. The number of anilines is 2. The Balaban J connectivity index is 1.50. The highest BCUT2D eigenvalue weighted by Gasteiger charge is 2.23. The summed E-state index contributed by atoms with van der Waals surface area (Å²) in [5, 5.41) is 5.29. The van der Waals surface area contributed by atoms with Crippen molar-refractivity contribution in [1.82, 2.24) is 0 Å². The van der Waals surface area contributed by atoms with Gasteiger partial charge in [-0.15, -0.1) is 0 Å². The van der Waals surface area contributed by atoms with E-state index in [1.165, 1.54) is 0 Å². The van der Waals surface area contributed by atoms with Crippen LogP contribution in [0.1, 0.15) is 37.3 Å². The average Bonchev–Trinajstić information content (AvgIpc) is 2.73. The molecule has 3 aromatic rings. The molecular formula is C25H26N2O2. The van der Waals surface area contributed by atoms with Gasteiger partial charge in [-0.2, -0.15) is 0 Å². The van der Waals surface area contributed by atoms with E-state index in [9.17, 15) is 9.59 Å². The third-order valence-corrected chi connectivity index (χ3v) is 5.53. The monoisotopic (exact) mass is 386 g/mol. The Labute approximate surface area is 171 Å². The van der Waals surface area contributed by atoms with Gasteiger partial charge in [0.25, 0.3) is 0 Å². The Morgan fingerprint density at radius 1 is 1.03 bits per heavy atom. The smallest absolute Gasteiger partial charge is 0.228 e. The molecule has 0 aliphatic carbocycles. The molecule has 2 amide bonds. The number of amides is 2. The molecule has 148 valence electrons. The predicted molar refractivity (Wildman–Crippen MR) is 118 cm³/mol. The molecule has 1 aliphatic rings. The average molecular weight is 386 g/mol. The lowest BCUT2D eigenvalue weighted by atomic mass is 9.99. The summed E-state index contributed by atoms with van der Waals surface area (Å²) in [5.74, 6) is 0.162. The zero-order chi connectivity index (χ0) is 20.2. The Morgan fingerprint density at radius 2 is 1.86 bits per heavy atom. The number of carbonyl (C=O) groups is 2. The van der Waals surface area contributed by atoms with E-state index < -0.39 is 0 Å². The van der Waals surface area contributed by atoms with Gasteiger partial charge in [0.15, 0.2) is 0 Å². The summed E-state index contributed by atoms with van der Waals surface area (Å²) in [7, 11) is 0. The van der Waals surface area contributed by atoms with Crippen LogP contribution in [0.5, 0.6) is 0 Å². The molecule has 4 nitrogen and oxygen atoms in total. The van der Waals surface area contributed by atoms with Gasteiger partial charge in [0, 0.05) is 24.3 Å². The minimum Gasteiger partial charge on any atom is -0.326 e. The van der Waals surface area contributed by atoms with Crippen molar-refractivity contribution in [2.24, 2.45) is 0 Å². The van der Waals surface area contributed by atoms with Crippen LogP contribution in [0.3, 0.4) is 0 Å². The van der Waals surface area contributed by atoms with Crippen molar-refractivity contribution in [3.63, 3.8) is 0 Å². The highest BCUT2D eigenvalue weighted by molar-refractivity contribution is 5.99. The van der Waals surface area contributed by atoms with Gasteiger partial charge < -0.3 is 10.2 Å². The summed E-state index contributed by atoms with van der Waals surface area (Å²) >= 11 is 0. The zero-order valence-corrected chi connectivity index (χ0v) is 16.8. The largest absolute Gasteiger partial charge is 0.326 e. The van der Waals surface area contributed by atoms with Crippen LogP contribution < -0.4 is 10.2 Å². The summed E-state index contributed by atoms with van der Waals surface area (Å²) in [6.07, 6.45) is 3.64. The number of carbonyl (C=O) groups excluding carboxylic acids is 2. The van der Waals surface area contributed by atoms with Gasteiger partial charge >= 0.3 is 0 Å². The number of benzene rings is 3. The fourth-order valence-electron chi connectivity index (χ4n) is 4.02. The third-order valence-electron chi connectivity index (χ3n) is 5.53. The van der Waals surface area contributed by atoms with Gasteiger partial charge in [-0.05, 0) is 52.9 Å². The summed E-state index contributed by atoms with van der Waals surface area (Å²) in [4.78, 5) is 26.9. The number of unbranched alkanes of at least 4 members (excludes halogenated alkanes) is 1. The molecule has 0 aromatic heterocycles. The minimum atomic E-state index is -0.0315. The number of hydrogen-bond acceptors (Lipinski definition) is 2. The first-order chi connectivity index (χ1) is 14.2. The van der Waals surface area contributed by atoms with Crippen LogP contribution in [-0.2, 0) is 22.4 Å². The van der Waals surface area contributed by atoms with Crippen molar-refractivity contribution in [3.8, 4) is 0 Å². The molecule has 29 heavy (non-hydrogen) atoms. The van der Waals surface area contributed by atoms with E-state index in [0.717, 1.165) is 59.1 Å². The Hall–Kier alpha value is -3.14. The van der Waals surface area contributed by atoms with Crippen LogP contribution in [0.4, 0.5) is 11.4 Å². The van der Waals surface area contributed by atoms with Crippen molar-refractivity contribution >= 4 is 34.0 Å². The van der Waals surface area contributed by atoms with Crippen LogP contribution in [0.25, 0.3) is 10.8 Å². The number of aryl methyl sites for hydroxylation is 1. The second-order valence-electron chi connectivity index (χ2n) is 7.61. The van der Waals surface area contributed by atoms with Crippen molar-refractivity contribution in [2.45, 2.75) is 39.0 Å². The lowest BCUT2D eigenvalue weighted by Gasteiger charge is -2.29. The van der Waals surface area contributed by atoms with E-state index in [1.807, 2.05) is 47.4 Å². The number of nitrogens with zero attached hydrogens (tertiary/aromatic N) is 1. The van der Waals surface area contributed by atoms with Crippen LogP contribution >= 0.6 is 0 Å². The van der Waals surface area contributed by atoms with Gasteiger partial charge in [-0.25, -0.2) is 0 Å². The van der Waals surface area contributed by atoms with Crippen LogP contribution in [-0.4, -0.2) is 18.4 Å². The Morgan fingerprint density at radius 3 is 2.72 bits per heavy atom. The van der Waals surface area contributed by atoms with Gasteiger partial charge in [-0.3, -0.25) is 9.59 Å². The number of rotatable bonds is 6. The second kappa shape index (κ2) is 8.48. The van der Waals surface area contributed by atoms with E-state index in [2.05, 4.69) is 30.4 Å². The lowest BCUT2D eigenvalue weighted by Crippen LogP contribution is -2.35. The van der Waals surface area contributed by atoms with Crippen molar-refractivity contribution in [1.29, 1.82) is 0 Å². The normalized spacial score (nSPS) is 13.4. The second-order valence-corrected chi connectivity index (χ2v) is 7.61. The molecule has 0 bridgehead atoms. The van der Waals surface area contributed by atoms with Crippen LogP contribution in [0, 0.1) is 0 Å². The molecule has 0 radical (unpaired) electrons. The van der Waals surface area contributed by atoms with E-state index >= 15 is 0 Å². The van der Waals surface area contributed by atoms with E-state index in [-0.39, 0.29) is 11.8 Å². The van der Waals surface area contributed by atoms with Crippen LogP contribution in [0.2, 0.25) is 0 Å². The highest BCUT2D eigenvalue weighted by Crippen LogP contribution is 2.30. The maximum absolute atomic E-state index is 12.7. The van der Waals surface area contributed by atoms with Crippen molar-refractivity contribution in [3.05, 3.63) is 71.8 Å². The van der Waals surface area contributed by atoms with Gasteiger partial charge in [-0.1, -0.05) is 55.8 Å². The molecule has 1 aliphatic heterocycles. The van der Waals surface area contributed by atoms with E-state index in [4.69, 9.17) is 0 Å².